The molecule has 0 fully saturated rings. The van der Waals surface area contributed by atoms with Gasteiger partial charge in [-0.3, -0.25) is 0 Å². The summed E-state index contributed by atoms with van der Waals surface area (Å²) in [6, 6.07) is 170. The number of hydrogen-bond donors (Lipinski definition) is 0. The van der Waals surface area contributed by atoms with Crippen molar-refractivity contribution in [3.63, 3.8) is 0 Å². The Morgan fingerprint density at radius 3 is 1.17 bits per heavy atom. The summed E-state index contributed by atoms with van der Waals surface area (Å²) in [6.07, 6.45) is 0. The van der Waals surface area contributed by atoms with Gasteiger partial charge in [0, 0.05) is 60.8 Å². The minimum Gasteiger partial charge on any atom is -0.310 e. The van der Waals surface area contributed by atoms with E-state index in [1.165, 1.54) is 199 Å². The molecule has 20 aromatic carbocycles. The molecule has 2 aliphatic heterocycles. The molecule has 2 atom stereocenters. The van der Waals surface area contributed by atoms with Gasteiger partial charge in [0.1, 0.15) is 0 Å². The molecule has 0 bridgehead atoms. The summed E-state index contributed by atoms with van der Waals surface area (Å²) in [5.41, 5.74) is 44.2. The second-order valence-electron chi connectivity index (χ2n) is 35.6. The van der Waals surface area contributed by atoms with Gasteiger partial charge in [-0.15, -0.1) is 0 Å². The highest BCUT2D eigenvalue weighted by Gasteiger charge is 2.54. The third-order valence-electron chi connectivity index (χ3n) is 29.1. The SMILES string of the molecule is CC1(C)c2ccc(-c3cccc4c3c3cccc5c3n4-c3ccccc3C53c4ccccc4-c4ccc(N(c5ccc6ccccc6c5)c5ccccc5-c5ccccc5-c5ccccc5)cc43)cc2-c2ccc(N(c3ccc4c(c3)C3(c5ccccc5-4)c4ccccc4-n4c5ccccc5c5cccc3c54)c3ccccc3-c3ccccc3-c3ccccc3)cc21. The lowest BCUT2D eigenvalue weighted by atomic mass is 9.65. The maximum absolute atomic E-state index is 2.61. The Morgan fingerprint density at radius 1 is 0.197 bits per heavy atom. The molecule has 5 aliphatic rings. The zero-order valence-corrected chi connectivity index (χ0v) is 70.0. The first-order valence-corrected chi connectivity index (χ1v) is 44.5. The summed E-state index contributed by atoms with van der Waals surface area (Å²) in [7, 11) is 0. The van der Waals surface area contributed by atoms with Gasteiger partial charge in [0.25, 0.3) is 0 Å². The standard InChI is InChI=1S/C123H80N4/c1-121(2)102-71-63-81(73-101(102)95-70-67-83(74-109(95)121)125(113-57-25-18-45-97(113)90-41-14-12-39-87(90)79-35-7-4-8-36-79)85-66-69-93-91-42-15-20-50-103(91)122(110(93)76-85)105-52-22-27-59-115(105)126-114-58-26-19-46-98(114)99-48-29-54-107(122)119(99)126)88-47-31-61-117-118(88)100-49-30-55-108-120(100)127(117)116-60-28-23-53-106(116)123(108)104-51-21-16-43-92(104)94-68-65-84(75-111(94)123)124(82-64-62-77-32-9-10-37-80(77)72-82)112-56-24-17-44-96(112)89-40-13-11-38-86(89)78-33-5-3-6-34-78/h3-76H,1-2H3. The van der Waals surface area contributed by atoms with Gasteiger partial charge in [0.05, 0.1) is 55.6 Å². The number of hydrogen-bond acceptors (Lipinski definition) is 2. The van der Waals surface area contributed by atoms with Crippen molar-refractivity contribution in [2.75, 3.05) is 9.80 Å². The summed E-state index contributed by atoms with van der Waals surface area (Å²) in [5.74, 6) is 0. The summed E-state index contributed by atoms with van der Waals surface area (Å²) in [6.45, 7) is 4.89. The first-order chi connectivity index (χ1) is 62.8. The van der Waals surface area contributed by atoms with E-state index >= 15 is 0 Å². The molecule has 22 aromatic rings. The van der Waals surface area contributed by atoms with Gasteiger partial charge in [-0.2, -0.15) is 0 Å². The smallest absolute Gasteiger partial charge is 0.0755 e. The average molecular weight is 1610 g/mol. The summed E-state index contributed by atoms with van der Waals surface area (Å²) < 4.78 is 5.16. The summed E-state index contributed by atoms with van der Waals surface area (Å²) in [5, 5.41) is 7.39. The van der Waals surface area contributed by atoms with Gasteiger partial charge >= 0.3 is 0 Å². The summed E-state index contributed by atoms with van der Waals surface area (Å²) in [4.78, 5) is 5.11. The van der Waals surface area contributed by atoms with Gasteiger partial charge < -0.3 is 18.9 Å². The fraction of sp³-hybridized carbons (Fsp3) is 0.0407. The number of rotatable bonds is 11. The lowest BCUT2D eigenvalue weighted by molar-refractivity contribution is 0.660. The third kappa shape index (κ3) is 9.81. The van der Waals surface area contributed by atoms with E-state index in [1.807, 2.05) is 0 Å². The highest BCUT2D eigenvalue weighted by molar-refractivity contribution is 6.19. The first kappa shape index (κ1) is 71.4. The molecule has 592 valence electrons. The molecule has 0 saturated heterocycles. The molecule has 2 unspecified atom stereocenters. The van der Waals surface area contributed by atoms with Crippen LogP contribution in [0.3, 0.4) is 0 Å². The van der Waals surface area contributed by atoms with Crippen LogP contribution in [0.5, 0.6) is 0 Å². The number of benzene rings is 20. The van der Waals surface area contributed by atoms with Crippen LogP contribution in [0.2, 0.25) is 0 Å². The maximum atomic E-state index is 2.61. The van der Waals surface area contributed by atoms with Crippen LogP contribution in [0, 0.1) is 0 Å². The molecule has 4 heterocycles. The van der Waals surface area contributed by atoms with Crippen molar-refractivity contribution in [2.24, 2.45) is 0 Å². The Kier molecular flexibility index (Phi) is 15.1. The van der Waals surface area contributed by atoms with Crippen LogP contribution in [0.15, 0.2) is 449 Å². The minimum absolute atomic E-state index is 0.387. The van der Waals surface area contributed by atoms with Crippen LogP contribution in [0.25, 0.3) is 155 Å². The molecule has 4 heteroatoms. The van der Waals surface area contributed by atoms with Crippen LogP contribution in [0.1, 0.15) is 69.5 Å². The number of nitrogens with zero attached hydrogens (tertiary/aromatic N) is 4. The third-order valence-corrected chi connectivity index (χ3v) is 29.1. The average Bonchev–Trinajstić information content (AvgIpc) is 1.51. The fourth-order valence-electron chi connectivity index (χ4n) is 23.9. The molecule has 3 aliphatic carbocycles. The van der Waals surface area contributed by atoms with Gasteiger partial charge in [-0.05, 0) is 235 Å². The minimum atomic E-state index is -0.724. The van der Waals surface area contributed by atoms with E-state index in [0.717, 1.165) is 45.3 Å². The van der Waals surface area contributed by atoms with Crippen LogP contribution in [-0.2, 0) is 16.2 Å². The second kappa shape index (κ2) is 26.9. The van der Waals surface area contributed by atoms with Crippen molar-refractivity contribution in [3.05, 3.63) is 505 Å². The monoisotopic (exact) mass is 1610 g/mol. The van der Waals surface area contributed by atoms with Crippen LogP contribution >= 0.6 is 0 Å². The fourth-order valence-corrected chi connectivity index (χ4v) is 23.9. The van der Waals surface area contributed by atoms with E-state index < -0.39 is 10.8 Å². The van der Waals surface area contributed by atoms with E-state index in [1.54, 1.807) is 0 Å². The lowest BCUT2D eigenvalue weighted by Gasteiger charge is -2.40. The quantitative estimate of drug-likeness (QED) is 0.128. The number of aromatic nitrogens is 2. The van der Waals surface area contributed by atoms with Crippen molar-refractivity contribution in [2.45, 2.75) is 30.1 Å². The predicted molar refractivity (Wildman–Crippen MR) is 528 cm³/mol. The number of anilines is 6. The van der Waals surface area contributed by atoms with Crippen molar-refractivity contribution in [1.29, 1.82) is 0 Å². The van der Waals surface area contributed by atoms with E-state index in [0.29, 0.717) is 0 Å². The Labute approximate surface area is 737 Å². The van der Waals surface area contributed by atoms with Crippen molar-refractivity contribution >= 4 is 88.5 Å². The zero-order valence-electron chi connectivity index (χ0n) is 70.0. The Morgan fingerprint density at radius 2 is 0.583 bits per heavy atom. The van der Waals surface area contributed by atoms with E-state index in [9.17, 15) is 0 Å². The molecule has 2 spiro atoms. The van der Waals surface area contributed by atoms with Crippen LogP contribution < -0.4 is 9.80 Å². The number of para-hydroxylation sites is 7. The van der Waals surface area contributed by atoms with E-state index in [4.69, 9.17) is 0 Å². The van der Waals surface area contributed by atoms with Crippen LogP contribution in [-0.4, -0.2) is 9.13 Å². The topological polar surface area (TPSA) is 16.3 Å². The highest BCUT2D eigenvalue weighted by Crippen LogP contribution is 2.66. The van der Waals surface area contributed by atoms with Gasteiger partial charge in [-0.25, -0.2) is 0 Å². The molecule has 0 radical (unpaired) electrons. The lowest BCUT2D eigenvalue weighted by Crippen LogP contribution is -2.33. The molecule has 2 aromatic heterocycles. The van der Waals surface area contributed by atoms with E-state index in [-0.39, 0.29) is 5.41 Å². The van der Waals surface area contributed by atoms with Crippen molar-refractivity contribution in [1.82, 2.24) is 9.13 Å². The molecule has 4 nitrogen and oxygen atoms in total. The zero-order chi connectivity index (χ0) is 83.5. The first-order valence-electron chi connectivity index (χ1n) is 44.5. The predicted octanol–water partition coefficient (Wildman–Crippen LogP) is 32.0. The molecule has 0 N–H and O–H groups in total. The summed E-state index contributed by atoms with van der Waals surface area (Å²) >= 11 is 0. The molecular weight excluding hydrogens is 1530 g/mol. The maximum Gasteiger partial charge on any atom is 0.0755 e. The Balaban J connectivity index is 0.631. The molecule has 127 heavy (non-hydrogen) atoms. The van der Waals surface area contributed by atoms with Crippen molar-refractivity contribution < 1.29 is 0 Å². The molecule has 0 amide bonds. The molecular formula is C123H80N4. The normalized spacial score (nSPS) is 15.3. The Bertz CT molecular complexity index is 8470. The van der Waals surface area contributed by atoms with Gasteiger partial charge in [0.15, 0.2) is 0 Å². The second-order valence-corrected chi connectivity index (χ2v) is 35.6. The number of fused-ring (bicyclic) bond motifs is 28. The highest BCUT2D eigenvalue weighted by atomic mass is 15.2. The van der Waals surface area contributed by atoms with E-state index in [2.05, 4.69) is 482 Å². The van der Waals surface area contributed by atoms with Crippen LogP contribution in [0.4, 0.5) is 34.1 Å². The van der Waals surface area contributed by atoms with Gasteiger partial charge in [0.2, 0.25) is 0 Å². The Hall–Kier alpha value is -16.1. The largest absolute Gasteiger partial charge is 0.310 e. The molecule has 27 rings (SSSR count). The van der Waals surface area contributed by atoms with Crippen molar-refractivity contribution in [3.8, 4) is 100 Å². The molecule has 0 saturated carbocycles. The van der Waals surface area contributed by atoms with Gasteiger partial charge in [-0.1, -0.05) is 372 Å².